The van der Waals surface area contributed by atoms with Crippen LogP contribution in [0.25, 0.3) is 0 Å². The second kappa shape index (κ2) is 7.73. The molecule has 0 radical (unpaired) electrons. The Morgan fingerprint density at radius 3 is 2.90 bits per heavy atom. The van der Waals surface area contributed by atoms with Crippen molar-refractivity contribution in [2.45, 2.75) is 32.9 Å². The van der Waals surface area contributed by atoms with Gasteiger partial charge in [0.15, 0.2) is 0 Å². The monoisotopic (exact) mass is 346 g/mol. The fourth-order valence-corrected chi connectivity index (χ4v) is 4.11. The van der Waals surface area contributed by atoms with Crippen LogP contribution < -0.4 is 5.32 Å². The molecule has 2 rings (SSSR count). The summed E-state index contributed by atoms with van der Waals surface area (Å²) in [6.45, 7) is 5.71. The maximum atomic E-state index is 12.4. The van der Waals surface area contributed by atoms with Crippen molar-refractivity contribution in [3.8, 4) is 0 Å². The highest BCUT2D eigenvalue weighted by Crippen LogP contribution is 2.28. The Morgan fingerprint density at radius 2 is 2.24 bits per heavy atom. The Kier molecular flexibility index (Phi) is 6.23. The quantitative estimate of drug-likeness (QED) is 0.818. The highest BCUT2D eigenvalue weighted by molar-refractivity contribution is 7.97. The third-order valence-electron chi connectivity index (χ3n) is 3.31. The molecule has 0 aromatic heterocycles. The van der Waals surface area contributed by atoms with E-state index in [0.29, 0.717) is 22.5 Å². The van der Waals surface area contributed by atoms with Crippen LogP contribution in [0.4, 0.5) is 0 Å². The van der Waals surface area contributed by atoms with Crippen molar-refractivity contribution in [1.82, 2.24) is 9.62 Å². The topological polar surface area (TPSA) is 32.3 Å². The number of carbonyl (C=O) groups is 1. The second-order valence-electron chi connectivity index (χ2n) is 5.58. The van der Waals surface area contributed by atoms with Crippen LogP contribution in [-0.4, -0.2) is 28.6 Å². The van der Waals surface area contributed by atoms with E-state index in [9.17, 15) is 4.79 Å². The first-order valence-corrected chi connectivity index (χ1v) is 8.78. The van der Waals surface area contributed by atoms with E-state index in [-0.39, 0.29) is 11.9 Å². The van der Waals surface area contributed by atoms with E-state index in [1.54, 1.807) is 24.1 Å². The minimum absolute atomic E-state index is 0.0384. The zero-order chi connectivity index (χ0) is 15.4. The lowest BCUT2D eigenvalue weighted by Gasteiger charge is -2.24. The van der Waals surface area contributed by atoms with Gasteiger partial charge in [0.25, 0.3) is 0 Å². The average Bonchev–Trinajstić information content (AvgIpc) is 2.84. The van der Waals surface area contributed by atoms with Gasteiger partial charge in [0.2, 0.25) is 5.91 Å². The maximum Gasteiger partial charge on any atom is 0.238 e. The van der Waals surface area contributed by atoms with Crippen molar-refractivity contribution < 1.29 is 4.79 Å². The van der Waals surface area contributed by atoms with Crippen molar-refractivity contribution in [2.24, 2.45) is 5.92 Å². The van der Waals surface area contributed by atoms with E-state index in [1.807, 2.05) is 6.07 Å². The summed E-state index contributed by atoms with van der Waals surface area (Å²) in [6.07, 6.45) is 0.900. The van der Waals surface area contributed by atoms with Crippen molar-refractivity contribution >= 4 is 41.1 Å². The number of halogens is 2. The zero-order valence-electron chi connectivity index (χ0n) is 12.2. The molecule has 1 fully saturated rings. The van der Waals surface area contributed by atoms with Gasteiger partial charge in [-0.15, -0.1) is 0 Å². The molecule has 1 aliphatic heterocycles. The smallest absolute Gasteiger partial charge is 0.238 e. The van der Waals surface area contributed by atoms with E-state index in [4.69, 9.17) is 23.2 Å². The molecule has 3 nitrogen and oxygen atoms in total. The molecule has 0 bridgehead atoms. The zero-order valence-corrected chi connectivity index (χ0v) is 14.6. The average molecular weight is 347 g/mol. The molecule has 116 valence electrons. The van der Waals surface area contributed by atoms with E-state index >= 15 is 0 Å². The van der Waals surface area contributed by atoms with Gasteiger partial charge >= 0.3 is 0 Å². The fourth-order valence-electron chi connectivity index (χ4n) is 2.28. The van der Waals surface area contributed by atoms with Crippen molar-refractivity contribution in [3.63, 3.8) is 0 Å². The summed E-state index contributed by atoms with van der Waals surface area (Å²) in [5.74, 6) is 1.63. The van der Waals surface area contributed by atoms with E-state index in [0.717, 1.165) is 24.3 Å². The molecule has 0 aliphatic carbocycles. The van der Waals surface area contributed by atoms with Crippen LogP contribution in [0.1, 0.15) is 25.8 Å². The SMILES string of the molecule is CC(C)CN1SCCC1C(=O)NCc1ccc(Cl)cc1Cl. The third kappa shape index (κ3) is 4.78. The molecule has 6 heteroatoms. The molecule has 0 spiro atoms. The molecule has 1 aromatic rings. The molecule has 1 aromatic carbocycles. The first-order valence-electron chi connectivity index (χ1n) is 7.08. The van der Waals surface area contributed by atoms with Crippen LogP contribution in [-0.2, 0) is 11.3 Å². The first kappa shape index (κ1) is 16.9. The minimum atomic E-state index is -0.0384. The molecular formula is C15H20Cl2N2OS. The Bertz CT molecular complexity index is 510. The van der Waals surface area contributed by atoms with E-state index in [2.05, 4.69) is 23.5 Å². The van der Waals surface area contributed by atoms with Crippen LogP contribution in [0.2, 0.25) is 10.0 Å². The summed E-state index contributed by atoms with van der Waals surface area (Å²) in [5.41, 5.74) is 0.885. The number of carbonyl (C=O) groups excluding carboxylic acids is 1. The largest absolute Gasteiger partial charge is 0.351 e. The van der Waals surface area contributed by atoms with E-state index < -0.39 is 0 Å². The van der Waals surface area contributed by atoms with Gasteiger partial charge in [-0.25, -0.2) is 4.31 Å². The molecular weight excluding hydrogens is 327 g/mol. The van der Waals surface area contributed by atoms with Gasteiger partial charge in [-0.3, -0.25) is 4.79 Å². The molecule has 0 saturated carbocycles. The Morgan fingerprint density at radius 1 is 1.48 bits per heavy atom. The molecule has 1 atom stereocenters. The summed E-state index contributed by atoms with van der Waals surface area (Å²) in [4.78, 5) is 12.4. The molecule has 1 amide bonds. The summed E-state index contributed by atoms with van der Waals surface area (Å²) in [5, 5.41) is 4.17. The van der Waals surface area contributed by atoms with Crippen LogP contribution in [0.3, 0.4) is 0 Å². The Hall–Kier alpha value is -0.420. The molecule has 1 saturated heterocycles. The van der Waals surface area contributed by atoms with Crippen LogP contribution in [0.5, 0.6) is 0 Å². The lowest BCUT2D eigenvalue weighted by molar-refractivity contribution is -0.124. The molecule has 1 unspecified atom stereocenters. The predicted molar refractivity (Wildman–Crippen MR) is 90.7 cm³/mol. The summed E-state index contributed by atoms with van der Waals surface area (Å²) in [6, 6.07) is 5.29. The number of hydrogen-bond donors (Lipinski definition) is 1. The first-order chi connectivity index (χ1) is 9.97. The minimum Gasteiger partial charge on any atom is -0.351 e. The molecule has 1 aliphatic rings. The van der Waals surface area contributed by atoms with Gasteiger partial charge in [-0.05, 0) is 30.0 Å². The van der Waals surface area contributed by atoms with Crippen LogP contribution in [0.15, 0.2) is 18.2 Å². The molecule has 1 N–H and O–H groups in total. The fraction of sp³-hybridized carbons (Fsp3) is 0.533. The predicted octanol–water partition coefficient (Wildman–Crippen LogP) is 3.99. The van der Waals surface area contributed by atoms with Crippen LogP contribution in [0, 0.1) is 5.92 Å². The lowest BCUT2D eigenvalue weighted by Crippen LogP contribution is -2.42. The lowest BCUT2D eigenvalue weighted by atomic mass is 10.1. The van der Waals surface area contributed by atoms with Crippen LogP contribution >= 0.6 is 35.1 Å². The summed E-state index contributed by atoms with van der Waals surface area (Å²) >= 11 is 13.8. The van der Waals surface area contributed by atoms with Gasteiger partial charge in [-0.2, -0.15) is 0 Å². The van der Waals surface area contributed by atoms with Crippen molar-refractivity contribution in [2.75, 3.05) is 12.3 Å². The van der Waals surface area contributed by atoms with Gasteiger partial charge in [-0.1, -0.05) is 55.1 Å². The normalized spacial score (nSPS) is 19.2. The highest BCUT2D eigenvalue weighted by Gasteiger charge is 2.31. The number of nitrogens with one attached hydrogen (secondary N) is 1. The van der Waals surface area contributed by atoms with Crippen molar-refractivity contribution in [3.05, 3.63) is 33.8 Å². The second-order valence-corrected chi connectivity index (χ2v) is 7.56. The molecule has 1 heterocycles. The molecule has 21 heavy (non-hydrogen) atoms. The van der Waals surface area contributed by atoms with E-state index in [1.165, 1.54) is 0 Å². The Balaban J connectivity index is 1.92. The number of benzene rings is 1. The van der Waals surface area contributed by atoms with Gasteiger partial charge in [0.05, 0.1) is 6.04 Å². The number of amides is 1. The third-order valence-corrected chi connectivity index (χ3v) is 5.05. The Labute approximate surface area is 140 Å². The summed E-state index contributed by atoms with van der Waals surface area (Å²) < 4.78 is 2.20. The van der Waals surface area contributed by atoms with Gasteiger partial charge in [0, 0.05) is 28.9 Å². The number of rotatable bonds is 5. The summed E-state index contributed by atoms with van der Waals surface area (Å²) in [7, 11) is 0. The highest BCUT2D eigenvalue weighted by atomic mass is 35.5. The number of hydrogen-bond acceptors (Lipinski definition) is 3. The van der Waals surface area contributed by atoms with Gasteiger partial charge in [0.1, 0.15) is 0 Å². The van der Waals surface area contributed by atoms with Gasteiger partial charge < -0.3 is 5.32 Å². The number of nitrogens with zero attached hydrogens (tertiary/aromatic N) is 1. The maximum absolute atomic E-state index is 12.4. The standard InChI is InChI=1S/C15H20Cl2N2OS/c1-10(2)9-19-14(5-6-21-19)15(20)18-8-11-3-4-12(16)7-13(11)17/h3-4,7,10,14H,5-6,8-9H2,1-2H3,(H,18,20). The van der Waals surface area contributed by atoms with Crippen molar-refractivity contribution in [1.29, 1.82) is 0 Å².